The van der Waals surface area contributed by atoms with Gasteiger partial charge in [-0.3, -0.25) is 4.99 Å². The molecule has 1 aromatic rings. The van der Waals surface area contributed by atoms with Crippen molar-refractivity contribution in [2.75, 3.05) is 45.9 Å². The van der Waals surface area contributed by atoms with Gasteiger partial charge in [-0.1, -0.05) is 44.2 Å². The monoisotopic (exact) mass is 320 g/mol. The van der Waals surface area contributed by atoms with E-state index in [-0.39, 0.29) is 12.5 Å². The molecule has 0 radical (unpaired) electrons. The SMILES string of the molecule is CCNC(=NCC(CO)c1ccccc1)NCCN(CC)CC. The number of benzene rings is 1. The Balaban J connectivity index is 2.56. The zero-order valence-electron chi connectivity index (χ0n) is 14.8. The molecule has 0 saturated heterocycles. The molecule has 0 heterocycles. The number of hydrogen-bond acceptors (Lipinski definition) is 3. The average Bonchev–Trinajstić information content (AvgIpc) is 2.60. The van der Waals surface area contributed by atoms with Crippen molar-refractivity contribution in [3.8, 4) is 0 Å². The summed E-state index contributed by atoms with van der Waals surface area (Å²) in [7, 11) is 0. The molecule has 0 saturated carbocycles. The molecule has 5 heteroatoms. The fourth-order valence-electron chi connectivity index (χ4n) is 2.41. The fourth-order valence-corrected chi connectivity index (χ4v) is 2.41. The fraction of sp³-hybridized carbons (Fsp3) is 0.611. The van der Waals surface area contributed by atoms with Crippen molar-refractivity contribution >= 4 is 5.96 Å². The van der Waals surface area contributed by atoms with Crippen LogP contribution >= 0.6 is 0 Å². The molecule has 1 unspecified atom stereocenters. The lowest BCUT2D eigenvalue weighted by molar-refractivity contribution is 0.268. The molecule has 1 rings (SSSR count). The van der Waals surface area contributed by atoms with E-state index >= 15 is 0 Å². The molecule has 0 aliphatic rings. The van der Waals surface area contributed by atoms with Gasteiger partial charge in [0.25, 0.3) is 0 Å². The Morgan fingerprint density at radius 1 is 1.13 bits per heavy atom. The van der Waals surface area contributed by atoms with Crippen molar-refractivity contribution in [2.24, 2.45) is 4.99 Å². The molecule has 1 aromatic carbocycles. The smallest absolute Gasteiger partial charge is 0.191 e. The number of likely N-dealkylation sites (N-methyl/N-ethyl adjacent to an activating group) is 1. The summed E-state index contributed by atoms with van der Waals surface area (Å²) in [5, 5.41) is 16.2. The van der Waals surface area contributed by atoms with Crippen LogP contribution in [-0.4, -0.2) is 61.8 Å². The molecule has 0 bridgehead atoms. The zero-order chi connectivity index (χ0) is 16.9. The normalized spacial score (nSPS) is 13.2. The third-order valence-corrected chi connectivity index (χ3v) is 3.92. The number of aliphatic hydroxyl groups excluding tert-OH is 1. The molecule has 130 valence electrons. The van der Waals surface area contributed by atoms with Crippen LogP contribution in [0.4, 0.5) is 0 Å². The first-order chi connectivity index (χ1) is 11.2. The number of hydrogen-bond donors (Lipinski definition) is 3. The Hall–Kier alpha value is -1.59. The summed E-state index contributed by atoms with van der Waals surface area (Å²) in [6.07, 6.45) is 0. The van der Waals surface area contributed by atoms with Gasteiger partial charge in [0.15, 0.2) is 5.96 Å². The van der Waals surface area contributed by atoms with Crippen LogP contribution in [0.2, 0.25) is 0 Å². The van der Waals surface area contributed by atoms with Crippen molar-refractivity contribution < 1.29 is 5.11 Å². The predicted molar refractivity (Wildman–Crippen MR) is 98.0 cm³/mol. The number of nitrogens with zero attached hydrogens (tertiary/aromatic N) is 2. The number of guanidine groups is 1. The molecule has 0 amide bonds. The number of rotatable bonds is 10. The van der Waals surface area contributed by atoms with E-state index in [1.807, 2.05) is 30.3 Å². The summed E-state index contributed by atoms with van der Waals surface area (Å²) in [5.74, 6) is 0.850. The van der Waals surface area contributed by atoms with Crippen LogP contribution in [0.5, 0.6) is 0 Å². The summed E-state index contributed by atoms with van der Waals surface area (Å²) < 4.78 is 0. The highest BCUT2D eigenvalue weighted by atomic mass is 16.3. The van der Waals surface area contributed by atoms with Crippen LogP contribution in [0.1, 0.15) is 32.3 Å². The van der Waals surface area contributed by atoms with Crippen molar-refractivity contribution in [1.82, 2.24) is 15.5 Å². The van der Waals surface area contributed by atoms with Gasteiger partial charge in [0, 0.05) is 25.6 Å². The Kier molecular flexibility index (Phi) is 10.1. The predicted octanol–water partition coefficient (Wildman–Crippen LogP) is 1.66. The van der Waals surface area contributed by atoms with Crippen LogP contribution in [0.3, 0.4) is 0 Å². The highest BCUT2D eigenvalue weighted by Crippen LogP contribution is 2.14. The highest BCUT2D eigenvalue weighted by molar-refractivity contribution is 5.79. The van der Waals surface area contributed by atoms with E-state index in [1.54, 1.807) is 0 Å². The standard InChI is InChI=1S/C18H32N4O/c1-4-19-18(20-12-13-22(5-2)6-3)21-14-17(15-23)16-10-8-7-9-11-16/h7-11,17,23H,4-6,12-15H2,1-3H3,(H2,19,20,21). The topological polar surface area (TPSA) is 59.9 Å². The molecule has 0 aromatic heterocycles. The molecule has 0 fully saturated rings. The van der Waals surface area contributed by atoms with Gasteiger partial charge in [0.2, 0.25) is 0 Å². The first-order valence-electron chi connectivity index (χ1n) is 8.65. The largest absolute Gasteiger partial charge is 0.396 e. The Labute approximate surface area is 140 Å². The van der Waals surface area contributed by atoms with Crippen LogP contribution in [-0.2, 0) is 0 Å². The van der Waals surface area contributed by atoms with Gasteiger partial charge in [0.1, 0.15) is 0 Å². The molecule has 3 N–H and O–H groups in total. The van der Waals surface area contributed by atoms with E-state index in [4.69, 9.17) is 0 Å². The molecule has 0 aliphatic carbocycles. The molecule has 0 aliphatic heterocycles. The third kappa shape index (κ3) is 7.48. The van der Waals surface area contributed by atoms with Gasteiger partial charge >= 0.3 is 0 Å². The Morgan fingerprint density at radius 2 is 1.83 bits per heavy atom. The number of nitrogens with one attached hydrogen (secondary N) is 2. The van der Waals surface area contributed by atoms with E-state index in [0.29, 0.717) is 6.54 Å². The lowest BCUT2D eigenvalue weighted by Crippen LogP contribution is -2.41. The summed E-state index contributed by atoms with van der Waals surface area (Å²) in [6, 6.07) is 10.1. The van der Waals surface area contributed by atoms with E-state index < -0.39 is 0 Å². The molecule has 5 nitrogen and oxygen atoms in total. The van der Waals surface area contributed by atoms with Crippen molar-refractivity contribution in [3.63, 3.8) is 0 Å². The average molecular weight is 320 g/mol. The number of aliphatic imine (C=N–C) groups is 1. The molecule has 23 heavy (non-hydrogen) atoms. The minimum Gasteiger partial charge on any atom is -0.396 e. The van der Waals surface area contributed by atoms with E-state index in [1.165, 1.54) is 0 Å². The molecule has 0 spiro atoms. The van der Waals surface area contributed by atoms with Gasteiger partial charge in [-0.2, -0.15) is 0 Å². The van der Waals surface area contributed by atoms with Crippen LogP contribution in [0.15, 0.2) is 35.3 Å². The summed E-state index contributed by atoms with van der Waals surface area (Å²) in [6.45, 7) is 11.9. The lowest BCUT2D eigenvalue weighted by atomic mass is 10.0. The second-order valence-electron chi connectivity index (χ2n) is 5.46. The maximum atomic E-state index is 9.62. The van der Waals surface area contributed by atoms with Gasteiger partial charge in [0.05, 0.1) is 13.2 Å². The minimum atomic E-state index is 0.0365. The second kappa shape index (κ2) is 11.9. The molecular weight excluding hydrogens is 288 g/mol. The van der Waals surface area contributed by atoms with Crippen LogP contribution < -0.4 is 10.6 Å². The summed E-state index contributed by atoms with van der Waals surface area (Å²) in [4.78, 5) is 7.00. The zero-order valence-corrected chi connectivity index (χ0v) is 14.8. The van der Waals surface area contributed by atoms with Gasteiger partial charge < -0.3 is 20.6 Å². The summed E-state index contributed by atoms with van der Waals surface area (Å²) in [5.41, 5.74) is 1.12. The quantitative estimate of drug-likeness (QED) is 0.453. The minimum absolute atomic E-state index is 0.0365. The third-order valence-electron chi connectivity index (χ3n) is 3.92. The lowest BCUT2D eigenvalue weighted by Gasteiger charge is -2.19. The second-order valence-corrected chi connectivity index (χ2v) is 5.46. The van der Waals surface area contributed by atoms with Gasteiger partial charge in [-0.05, 0) is 25.6 Å². The van der Waals surface area contributed by atoms with Crippen molar-refractivity contribution in [3.05, 3.63) is 35.9 Å². The molecule has 1 atom stereocenters. The van der Waals surface area contributed by atoms with Gasteiger partial charge in [-0.15, -0.1) is 0 Å². The number of aliphatic hydroxyl groups is 1. The summed E-state index contributed by atoms with van der Waals surface area (Å²) >= 11 is 0. The molecular formula is C18H32N4O. The first kappa shape index (κ1) is 19.5. The van der Waals surface area contributed by atoms with Crippen molar-refractivity contribution in [2.45, 2.75) is 26.7 Å². The van der Waals surface area contributed by atoms with Crippen LogP contribution in [0.25, 0.3) is 0 Å². The van der Waals surface area contributed by atoms with E-state index in [2.05, 4.69) is 41.3 Å². The Morgan fingerprint density at radius 3 is 2.39 bits per heavy atom. The highest BCUT2D eigenvalue weighted by Gasteiger charge is 2.10. The van der Waals surface area contributed by atoms with Crippen molar-refractivity contribution in [1.29, 1.82) is 0 Å². The maximum absolute atomic E-state index is 9.62. The van der Waals surface area contributed by atoms with E-state index in [0.717, 1.165) is 44.2 Å². The van der Waals surface area contributed by atoms with Gasteiger partial charge in [-0.25, -0.2) is 0 Å². The Bertz CT molecular complexity index is 432. The van der Waals surface area contributed by atoms with Crippen LogP contribution in [0, 0.1) is 0 Å². The first-order valence-corrected chi connectivity index (χ1v) is 8.65. The van der Waals surface area contributed by atoms with E-state index in [9.17, 15) is 5.11 Å². The maximum Gasteiger partial charge on any atom is 0.191 e.